The Morgan fingerprint density at radius 1 is 1.21 bits per heavy atom. The van der Waals surface area contributed by atoms with Crippen LogP contribution >= 0.6 is 0 Å². The summed E-state index contributed by atoms with van der Waals surface area (Å²) in [5, 5.41) is 9.10. The van der Waals surface area contributed by atoms with Crippen molar-refractivity contribution >= 4 is 23.6 Å². The van der Waals surface area contributed by atoms with Gasteiger partial charge in [0.2, 0.25) is 23.3 Å². The molecule has 0 spiro atoms. The Morgan fingerprint density at radius 2 is 1.95 bits per heavy atom. The van der Waals surface area contributed by atoms with Crippen LogP contribution in [0.2, 0.25) is 0 Å². The number of urea groups is 1. The summed E-state index contributed by atoms with van der Waals surface area (Å²) in [4.78, 5) is 48.4. The maximum atomic E-state index is 15.3. The van der Waals surface area contributed by atoms with Gasteiger partial charge in [0.15, 0.2) is 0 Å². The molecule has 0 radical (unpaired) electrons. The van der Waals surface area contributed by atoms with Gasteiger partial charge in [-0.1, -0.05) is 42.8 Å². The highest BCUT2D eigenvalue weighted by Gasteiger charge is 2.69. The van der Waals surface area contributed by atoms with Gasteiger partial charge < -0.3 is 30.0 Å². The number of ether oxygens (including phenoxy) is 1. The first kappa shape index (κ1) is 27.5. The molecule has 3 fully saturated rings. The molecule has 4 unspecified atom stereocenters. The van der Waals surface area contributed by atoms with Gasteiger partial charge in [-0.05, 0) is 31.6 Å². The fourth-order valence-corrected chi connectivity index (χ4v) is 5.52. The van der Waals surface area contributed by atoms with Gasteiger partial charge in [0.05, 0.1) is 25.8 Å². The normalized spacial score (nSPS) is 27.5. The van der Waals surface area contributed by atoms with Crippen LogP contribution in [-0.2, 0) is 19.2 Å². The Morgan fingerprint density at radius 3 is 2.59 bits per heavy atom. The smallest absolute Gasteiger partial charge is 0.318 e. The summed E-state index contributed by atoms with van der Waals surface area (Å²) in [6, 6.07) is -3.15. The Balaban J connectivity index is 1.27. The van der Waals surface area contributed by atoms with Gasteiger partial charge in [0.1, 0.15) is 6.04 Å². The number of nitrogens with zero attached hydrogens (tertiary/aromatic N) is 3. The lowest BCUT2D eigenvalue weighted by Crippen LogP contribution is -2.57. The number of rotatable bonds is 11. The van der Waals surface area contributed by atoms with Crippen LogP contribution in [-0.4, -0.2) is 89.9 Å². The molecule has 2 saturated heterocycles. The van der Waals surface area contributed by atoms with Gasteiger partial charge in [-0.2, -0.15) is 0 Å². The summed E-state index contributed by atoms with van der Waals surface area (Å²) in [5.74, 6) is -4.05. The van der Waals surface area contributed by atoms with Gasteiger partial charge in [-0.25, -0.2) is 13.6 Å². The summed E-state index contributed by atoms with van der Waals surface area (Å²) in [6.45, 7) is 5.43. The largest absolute Gasteiger partial charge is 0.378 e. The minimum atomic E-state index is -3.26. The quantitative estimate of drug-likeness (QED) is 0.383. The second-order valence-electron chi connectivity index (χ2n) is 11.2. The van der Waals surface area contributed by atoms with Crippen LogP contribution in [0.25, 0.3) is 0 Å². The van der Waals surface area contributed by atoms with E-state index < -0.39 is 54.3 Å². The molecule has 39 heavy (non-hydrogen) atoms. The highest BCUT2D eigenvalue weighted by Crippen LogP contribution is 2.55. The molecule has 0 bridgehead atoms. The molecular weight excluding hydrogens is 512 g/mol. The number of allylic oxidation sites excluding steroid dienone is 4. The van der Waals surface area contributed by atoms with E-state index in [0.717, 1.165) is 12.8 Å². The van der Waals surface area contributed by atoms with Crippen molar-refractivity contribution in [2.45, 2.75) is 76.1 Å². The first-order valence-corrected chi connectivity index (χ1v) is 13.9. The van der Waals surface area contributed by atoms with Gasteiger partial charge in [0, 0.05) is 31.8 Å². The van der Waals surface area contributed by atoms with Crippen LogP contribution < -0.4 is 10.6 Å². The monoisotopic (exact) mass is 549 g/mol. The van der Waals surface area contributed by atoms with Crippen molar-refractivity contribution in [2.75, 3.05) is 32.8 Å². The van der Waals surface area contributed by atoms with Crippen LogP contribution in [0.15, 0.2) is 29.0 Å². The number of fused-ring (bicyclic) bond motifs is 1. The molecule has 12 heteroatoms. The average Bonchev–Trinajstić information content (AvgIpc) is 3.85. The van der Waals surface area contributed by atoms with Crippen LogP contribution in [0.4, 0.5) is 13.6 Å². The average molecular weight is 550 g/mol. The molecular formula is C27H37F2N5O5. The third-order valence-electron chi connectivity index (χ3n) is 8.21. The zero-order valence-corrected chi connectivity index (χ0v) is 22.5. The van der Waals surface area contributed by atoms with E-state index in [2.05, 4.69) is 15.8 Å². The molecule has 10 nitrogen and oxygen atoms in total. The fraction of sp³-hybridized carbons (Fsp3) is 0.704. The van der Waals surface area contributed by atoms with Crippen molar-refractivity contribution in [3.8, 4) is 0 Å². The van der Waals surface area contributed by atoms with E-state index in [0.29, 0.717) is 50.8 Å². The van der Waals surface area contributed by atoms with Gasteiger partial charge in [-0.3, -0.25) is 9.59 Å². The molecule has 3 amide bonds. The van der Waals surface area contributed by atoms with E-state index in [1.807, 2.05) is 13.0 Å². The van der Waals surface area contributed by atoms with E-state index in [-0.39, 0.29) is 18.2 Å². The molecule has 5 aliphatic rings. The summed E-state index contributed by atoms with van der Waals surface area (Å²) in [6.07, 6.45) is 6.91. The number of amides is 3. The summed E-state index contributed by atoms with van der Waals surface area (Å²) < 4.78 is 36.0. The minimum Gasteiger partial charge on any atom is -0.378 e. The standard InChI is InChI=1S/C27H37F2N5O5/c1-3-20(22(35)23-32-39-27(16-34(23)27)19-8-9-19)30-24(36)21(31-25(37)33-10-12-38-13-11-33)15-26(28,29)14-18-7-5-4-6-17(18)2/h4-5,7,17,19-21H,3,6,8-16H2,1-2H3,(H,30,36)(H,31,37). The van der Waals surface area contributed by atoms with Crippen LogP contribution in [0.5, 0.6) is 0 Å². The number of amidine groups is 1. The van der Waals surface area contributed by atoms with Gasteiger partial charge in [0.25, 0.3) is 5.92 Å². The summed E-state index contributed by atoms with van der Waals surface area (Å²) in [5.41, 5.74) is 0.0732. The molecule has 3 aliphatic heterocycles. The highest BCUT2D eigenvalue weighted by molar-refractivity contribution is 6.41. The van der Waals surface area contributed by atoms with E-state index >= 15 is 8.78 Å². The number of carbonyl (C=O) groups is 3. The van der Waals surface area contributed by atoms with E-state index in [1.54, 1.807) is 24.0 Å². The predicted octanol–water partition coefficient (Wildman–Crippen LogP) is 2.56. The second kappa shape index (κ2) is 10.9. The Hall–Kier alpha value is -3.02. The maximum absolute atomic E-state index is 15.3. The van der Waals surface area contributed by atoms with Crippen molar-refractivity contribution in [3.63, 3.8) is 0 Å². The van der Waals surface area contributed by atoms with Crippen molar-refractivity contribution < 1.29 is 32.7 Å². The zero-order chi connectivity index (χ0) is 27.8. The van der Waals surface area contributed by atoms with Crippen molar-refractivity contribution in [2.24, 2.45) is 17.0 Å². The SMILES string of the molecule is CCC(NC(=O)C(CC(F)(F)CC1=CC=CCC1C)NC(=O)N1CCOCC1)C(=O)C1=NOC2(C3CC3)CN12. The molecule has 0 aromatic carbocycles. The minimum absolute atomic E-state index is 0.0345. The lowest BCUT2D eigenvalue weighted by atomic mass is 9.87. The van der Waals surface area contributed by atoms with Crippen molar-refractivity contribution in [1.29, 1.82) is 0 Å². The Kier molecular flexibility index (Phi) is 7.67. The van der Waals surface area contributed by atoms with Gasteiger partial charge in [-0.15, -0.1) is 0 Å². The predicted molar refractivity (Wildman–Crippen MR) is 138 cm³/mol. The van der Waals surface area contributed by atoms with Gasteiger partial charge >= 0.3 is 6.03 Å². The number of nitrogens with one attached hydrogen (secondary N) is 2. The number of oxime groups is 1. The van der Waals surface area contributed by atoms with E-state index in [1.165, 1.54) is 4.90 Å². The van der Waals surface area contributed by atoms with Crippen LogP contribution in [0.3, 0.4) is 0 Å². The topological polar surface area (TPSA) is 112 Å². The van der Waals surface area contributed by atoms with E-state index in [4.69, 9.17) is 9.57 Å². The number of hydrogen-bond acceptors (Lipinski definition) is 7. The highest BCUT2D eigenvalue weighted by atomic mass is 19.3. The molecule has 2 aliphatic carbocycles. The summed E-state index contributed by atoms with van der Waals surface area (Å²) in [7, 11) is 0. The van der Waals surface area contributed by atoms with Crippen LogP contribution in [0, 0.1) is 11.8 Å². The molecule has 4 atom stereocenters. The molecule has 0 aromatic heterocycles. The lowest BCUT2D eigenvalue weighted by molar-refractivity contribution is -0.129. The third kappa shape index (κ3) is 5.95. The fourth-order valence-electron chi connectivity index (χ4n) is 5.52. The summed E-state index contributed by atoms with van der Waals surface area (Å²) >= 11 is 0. The lowest BCUT2D eigenvalue weighted by Gasteiger charge is -2.31. The first-order chi connectivity index (χ1) is 18.6. The number of Topliss-reactive ketones (excluding diaryl/α,β-unsaturated/α-hetero) is 1. The Labute approximate surface area is 226 Å². The number of alkyl halides is 2. The molecule has 214 valence electrons. The zero-order valence-electron chi connectivity index (χ0n) is 22.5. The molecule has 2 N–H and O–H groups in total. The number of ketones is 1. The van der Waals surface area contributed by atoms with Crippen LogP contribution in [0.1, 0.15) is 52.4 Å². The molecule has 3 heterocycles. The number of hydrogen-bond donors (Lipinski definition) is 2. The number of carbonyl (C=O) groups excluding carboxylic acids is 3. The second-order valence-corrected chi connectivity index (χ2v) is 11.2. The third-order valence-corrected chi connectivity index (χ3v) is 8.21. The van der Waals surface area contributed by atoms with Crippen molar-refractivity contribution in [3.05, 3.63) is 23.8 Å². The maximum Gasteiger partial charge on any atom is 0.318 e. The van der Waals surface area contributed by atoms with Crippen molar-refractivity contribution in [1.82, 2.24) is 20.4 Å². The number of morpholine rings is 1. The molecule has 0 aromatic rings. The molecule has 1 saturated carbocycles. The first-order valence-electron chi connectivity index (χ1n) is 13.9. The Bertz CT molecular complexity index is 1080. The number of halogens is 2. The van der Waals surface area contributed by atoms with E-state index in [9.17, 15) is 14.4 Å². The molecule has 5 rings (SSSR count).